The molecular weight excluding hydrogens is 419 g/mol. The molecule has 1 aromatic carbocycles. The molecule has 2 atom stereocenters. The molecule has 164 valence electrons. The summed E-state index contributed by atoms with van der Waals surface area (Å²) in [5, 5.41) is 3.87. The highest BCUT2D eigenvalue weighted by molar-refractivity contribution is 6.30. The van der Waals surface area contributed by atoms with Gasteiger partial charge in [-0.05, 0) is 50.1 Å². The first kappa shape index (κ1) is 21.7. The first-order chi connectivity index (χ1) is 14.8. The van der Waals surface area contributed by atoms with Crippen molar-refractivity contribution < 1.29 is 13.9 Å². The fourth-order valence-corrected chi connectivity index (χ4v) is 4.13. The molecule has 0 unspecified atom stereocenters. The molecule has 0 spiro atoms. The number of benzene rings is 1. The van der Waals surface area contributed by atoms with Gasteiger partial charge in [-0.15, -0.1) is 0 Å². The largest absolute Gasteiger partial charge is 0.372 e. The topological polar surface area (TPSA) is 58.9 Å². The molecule has 0 bridgehead atoms. The van der Waals surface area contributed by atoms with Crippen LogP contribution >= 0.6 is 11.6 Å². The minimum absolute atomic E-state index is 0.0304. The van der Waals surface area contributed by atoms with Gasteiger partial charge in [0.2, 0.25) is 0 Å². The zero-order valence-corrected chi connectivity index (χ0v) is 18.6. The molecule has 6 nitrogen and oxygen atoms in total. The zero-order valence-electron chi connectivity index (χ0n) is 17.9. The molecular formula is C23H26ClFN4O2. The van der Waals surface area contributed by atoms with Crippen LogP contribution in [-0.2, 0) is 17.8 Å². The quantitative estimate of drug-likeness (QED) is 0.646. The van der Waals surface area contributed by atoms with Crippen molar-refractivity contribution in [3.05, 3.63) is 69.9 Å². The van der Waals surface area contributed by atoms with E-state index in [2.05, 4.69) is 10.3 Å². The van der Waals surface area contributed by atoms with Gasteiger partial charge < -0.3 is 19.4 Å². The highest BCUT2D eigenvalue weighted by Crippen LogP contribution is 2.21. The number of carbonyl (C=O) groups is 1. The molecule has 1 aliphatic heterocycles. The second kappa shape index (κ2) is 8.94. The fourth-order valence-electron chi connectivity index (χ4n) is 3.97. The number of nitrogens with one attached hydrogen (secondary N) is 1. The lowest BCUT2D eigenvalue weighted by atomic mass is 10.1. The van der Waals surface area contributed by atoms with Crippen LogP contribution in [0.5, 0.6) is 0 Å². The zero-order chi connectivity index (χ0) is 22.1. The van der Waals surface area contributed by atoms with Gasteiger partial charge in [0.25, 0.3) is 5.91 Å². The van der Waals surface area contributed by atoms with E-state index in [1.165, 1.54) is 6.07 Å². The number of rotatable bonds is 5. The van der Waals surface area contributed by atoms with Gasteiger partial charge >= 0.3 is 0 Å². The lowest BCUT2D eigenvalue weighted by Gasteiger charge is -2.35. The minimum atomic E-state index is -0.229. The summed E-state index contributed by atoms with van der Waals surface area (Å²) in [5.74, 6) is -0.354. The third-order valence-electron chi connectivity index (χ3n) is 5.45. The number of halogens is 2. The van der Waals surface area contributed by atoms with Crippen LogP contribution in [0.4, 0.5) is 4.39 Å². The van der Waals surface area contributed by atoms with E-state index >= 15 is 0 Å². The minimum Gasteiger partial charge on any atom is -0.372 e. The van der Waals surface area contributed by atoms with E-state index in [1.54, 1.807) is 36.2 Å². The van der Waals surface area contributed by atoms with Crippen molar-refractivity contribution in [2.24, 2.45) is 0 Å². The molecule has 1 amide bonds. The molecule has 4 rings (SSSR count). The molecule has 1 saturated heterocycles. The van der Waals surface area contributed by atoms with Crippen molar-refractivity contribution in [2.75, 3.05) is 13.1 Å². The summed E-state index contributed by atoms with van der Waals surface area (Å²) in [7, 11) is 0. The standard InChI is InChI=1S/C23H26ClFN4O2/c1-14-4-5-17(8-19(14)25)9-26-10-20-22(27-21-7-6-18(24)13-29(20)21)23(30)28-11-15(2)31-16(3)12-28/h4-8,13,15-16,26H,9-12H2,1-3H3/t15-,16+. The molecule has 1 aliphatic rings. The Bertz CT molecular complexity index is 1110. The van der Waals surface area contributed by atoms with Gasteiger partial charge in [0.1, 0.15) is 11.5 Å². The van der Waals surface area contributed by atoms with Crippen molar-refractivity contribution >= 4 is 23.2 Å². The molecule has 8 heteroatoms. The summed E-state index contributed by atoms with van der Waals surface area (Å²) in [5.41, 5.74) is 3.22. The highest BCUT2D eigenvalue weighted by Gasteiger charge is 2.30. The maximum Gasteiger partial charge on any atom is 0.274 e. The number of fused-ring (bicyclic) bond motifs is 1. The number of pyridine rings is 1. The number of hydrogen-bond donors (Lipinski definition) is 1. The maximum atomic E-state index is 13.9. The first-order valence-corrected chi connectivity index (χ1v) is 10.8. The van der Waals surface area contributed by atoms with E-state index in [0.29, 0.717) is 48.1 Å². The summed E-state index contributed by atoms with van der Waals surface area (Å²) < 4.78 is 21.5. The number of aryl methyl sites for hydroxylation is 1. The Morgan fingerprint density at radius 2 is 1.97 bits per heavy atom. The predicted octanol–water partition coefficient (Wildman–Crippen LogP) is 3.97. The monoisotopic (exact) mass is 444 g/mol. The third-order valence-corrected chi connectivity index (χ3v) is 5.67. The van der Waals surface area contributed by atoms with Gasteiger partial charge in [0.05, 0.1) is 22.9 Å². The van der Waals surface area contributed by atoms with Gasteiger partial charge in [-0.3, -0.25) is 4.79 Å². The van der Waals surface area contributed by atoms with Crippen molar-refractivity contribution in [3.63, 3.8) is 0 Å². The Hall–Kier alpha value is -2.48. The van der Waals surface area contributed by atoms with Gasteiger partial charge in [0.15, 0.2) is 5.69 Å². The second-order valence-electron chi connectivity index (χ2n) is 8.14. The van der Waals surface area contributed by atoms with Gasteiger partial charge in [-0.25, -0.2) is 9.37 Å². The van der Waals surface area contributed by atoms with Gasteiger partial charge in [-0.1, -0.05) is 23.7 Å². The molecule has 2 aromatic heterocycles. The highest BCUT2D eigenvalue weighted by atomic mass is 35.5. The number of nitrogens with zero attached hydrogens (tertiary/aromatic N) is 3. The van der Waals surface area contributed by atoms with Crippen LogP contribution in [0, 0.1) is 12.7 Å². The Kier molecular flexibility index (Phi) is 6.27. The van der Waals surface area contributed by atoms with Crippen molar-refractivity contribution in [1.82, 2.24) is 19.6 Å². The molecule has 1 N–H and O–H groups in total. The third kappa shape index (κ3) is 4.74. The molecule has 1 fully saturated rings. The Morgan fingerprint density at radius 1 is 1.23 bits per heavy atom. The first-order valence-electron chi connectivity index (χ1n) is 10.4. The number of amides is 1. The van der Waals surface area contributed by atoms with Crippen LogP contribution in [0.1, 0.15) is 41.2 Å². The Labute approximate surface area is 186 Å². The summed E-state index contributed by atoms with van der Waals surface area (Å²) >= 11 is 6.21. The van der Waals surface area contributed by atoms with E-state index in [9.17, 15) is 9.18 Å². The number of imidazole rings is 1. The average molecular weight is 445 g/mol. The van der Waals surface area contributed by atoms with Crippen molar-refractivity contribution in [3.8, 4) is 0 Å². The average Bonchev–Trinajstić information content (AvgIpc) is 3.07. The normalized spacial score (nSPS) is 19.2. The molecule has 0 aliphatic carbocycles. The number of morpholine rings is 1. The number of ether oxygens (including phenoxy) is 1. The molecule has 0 radical (unpaired) electrons. The Morgan fingerprint density at radius 3 is 2.68 bits per heavy atom. The maximum absolute atomic E-state index is 13.9. The van der Waals surface area contributed by atoms with Gasteiger partial charge in [0, 0.05) is 32.4 Å². The second-order valence-corrected chi connectivity index (χ2v) is 8.57. The summed E-state index contributed by atoms with van der Waals surface area (Å²) in [4.78, 5) is 19.8. The van der Waals surface area contributed by atoms with E-state index in [0.717, 1.165) is 11.3 Å². The van der Waals surface area contributed by atoms with E-state index < -0.39 is 0 Å². The van der Waals surface area contributed by atoms with E-state index in [1.807, 2.05) is 24.3 Å². The predicted molar refractivity (Wildman–Crippen MR) is 118 cm³/mol. The Balaban J connectivity index is 1.60. The summed E-state index contributed by atoms with van der Waals surface area (Å²) in [6.07, 6.45) is 1.70. The van der Waals surface area contributed by atoms with Crippen LogP contribution in [-0.4, -0.2) is 45.5 Å². The van der Waals surface area contributed by atoms with Crippen LogP contribution < -0.4 is 5.32 Å². The van der Waals surface area contributed by atoms with Crippen molar-refractivity contribution in [1.29, 1.82) is 0 Å². The molecule has 0 saturated carbocycles. The number of hydrogen-bond acceptors (Lipinski definition) is 4. The lowest BCUT2D eigenvalue weighted by molar-refractivity contribution is -0.0587. The summed E-state index contributed by atoms with van der Waals surface area (Å²) in [6, 6.07) is 8.72. The molecule has 3 aromatic rings. The van der Waals surface area contributed by atoms with Crippen LogP contribution in [0.15, 0.2) is 36.5 Å². The summed E-state index contributed by atoms with van der Waals surface area (Å²) in [6.45, 7) is 7.55. The van der Waals surface area contributed by atoms with Crippen LogP contribution in [0.2, 0.25) is 5.02 Å². The number of carbonyl (C=O) groups excluding carboxylic acids is 1. The fraction of sp³-hybridized carbons (Fsp3) is 0.391. The van der Waals surface area contributed by atoms with Crippen LogP contribution in [0.25, 0.3) is 5.65 Å². The van der Waals surface area contributed by atoms with E-state index in [4.69, 9.17) is 16.3 Å². The SMILES string of the molecule is Cc1ccc(CNCc2c(C(=O)N3C[C@@H](C)O[C@@H](C)C3)nc3ccc(Cl)cn23)cc1F. The number of aromatic nitrogens is 2. The van der Waals surface area contributed by atoms with Crippen LogP contribution in [0.3, 0.4) is 0 Å². The molecule has 31 heavy (non-hydrogen) atoms. The van der Waals surface area contributed by atoms with E-state index in [-0.39, 0.29) is 23.9 Å². The van der Waals surface area contributed by atoms with Crippen molar-refractivity contribution in [2.45, 2.75) is 46.1 Å². The smallest absolute Gasteiger partial charge is 0.274 e. The van der Waals surface area contributed by atoms with Gasteiger partial charge in [-0.2, -0.15) is 0 Å². The molecule has 3 heterocycles. The lowest BCUT2D eigenvalue weighted by Crippen LogP contribution is -2.48.